The second kappa shape index (κ2) is 8.25. The minimum Gasteiger partial charge on any atom is -0.550 e. The number of carbonyl (C=O) groups is 2. The van der Waals surface area contributed by atoms with Crippen molar-refractivity contribution in [2.45, 2.75) is 12.8 Å². The number of carboxylic acid groups (broad SMARTS) is 2. The molecule has 0 saturated heterocycles. The predicted octanol–water partition coefficient (Wildman–Crippen LogP) is -1.31. The molecule has 0 atom stereocenters. The lowest BCUT2D eigenvalue weighted by molar-refractivity contribution is -0.306. The van der Waals surface area contributed by atoms with Crippen molar-refractivity contribution in [2.75, 3.05) is 16.6 Å². The van der Waals surface area contributed by atoms with Crippen LogP contribution in [-0.4, -0.2) is 28.5 Å². The summed E-state index contributed by atoms with van der Waals surface area (Å²) in [6.45, 7) is 0. The maximum Gasteiger partial charge on any atom is 0.0422 e. The van der Waals surface area contributed by atoms with Gasteiger partial charge in [0, 0.05) is 17.0 Å². The Morgan fingerprint density at radius 3 is 1.62 bits per heavy atom. The minimum atomic E-state index is -1.05. The van der Waals surface area contributed by atoms with Gasteiger partial charge in [-0.1, -0.05) is 0 Å². The van der Waals surface area contributed by atoms with Gasteiger partial charge in [-0.3, -0.25) is 0 Å². The molecule has 0 aliphatic heterocycles. The van der Waals surface area contributed by atoms with E-state index in [1.165, 1.54) is 23.5 Å². The fraction of sp³-hybridized carbons (Fsp3) is 0.714. The number of hydrogen-bond acceptors (Lipinski definition) is 6. The largest absolute Gasteiger partial charge is 0.550 e. The van der Waals surface area contributed by atoms with E-state index in [-0.39, 0.29) is 12.8 Å². The summed E-state index contributed by atoms with van der Waals surface area (Å²) in [6.07, 6.45) is 0.0947. The van der Waals surface area contributed by atoms with Gasteiger partial charge < -0.3 is 19.8 Å². The van der Waals surface area contributed by atoms with E-state index in [9.17, 15) is 19.8 Å². The molecule has 0 aromatic heterocycles. The van der Waals surface area contributed by atoms with E-state index >= 15 is 0 Å². The molecule has 0 radical (unpaired) electrons. The molecule has 0 fully saturated rings. The molecule has 76 valence electrons. The molecule has 0 saturated carbocycles. The molecule has 0 aliphatic rings. The first-order valence-electron chi connectivity index (χ1n) is 3.68. The fourth-order valence-corrected chi connectivity index (χ4v) is 2.52. The average molecular weight is 222 g/mol. The molecule has 0 unspecified atom stereocenters. The van der Waals surface area contributed by atoms with Gasteiger partial charge in [0.25, 0.3) is 0 Å². The van der Waals surface area contributed by atoms with Crippen molar-refractivity contribution < 1.29 is 19.8 Å². The Labute approximate surface area is 85.1 Å². The Balaban J connectivity index is 3.00. The van der Waals surface area contributed by atoms with Gasteiger partial charge in [-0.25, -0.2) is 0 Å². The summed E-state index contributed by atoms with van der Waals surface area (Å²) in [7, 11) is 0. The smallest absolute Gasteiger partial charge is 0.0422 e. The molecule has 0 aromatic carbocycles. The first-order chi connectivity index (χ1) is 6.13. The molecular weight excluding hydrogens is 212 g/mol. The molecule has 13 heavy (non-hydrogen) atoms. The Bertz CT molecular complexity index is 154. The van der Waals surface area contributed by atoms with Crippen LogP contribution in [0.5, 0.6) is 0 Å². The zero-order valence-corrected chi connectivity index (χ0v) is 8.62. The predicted molar refractivity (Wildman–Crippen MR) is 49.0 cm³/mol. The molecule has 4 nitrogen and oxygen atoms in total. The van der Waals surface area contributed by atoms with Gasteiger partial charge in [0.05, 0.1) is 0 Å². The standard InChI is InChI=1S/C7H12O4S2/c8-6(9)1-3-12-5-13-4-2-7(10)11/h1-5H2,(H,8,9)(H,10,11)/p-2. The van der Waals surface area contributed by atoms with Gasteiger partial charge in [0.1, 0.15) is 0 Å². The molecule has 0 spiro atoms. The van der Waals surface area contributed by atoms with Crippen LogP contribution < -0.4 is 10.2 Å². The van der Waals surface area contributed by atoms with E-state index in [0.29, 0.717) is 16.6 Å². The van der Waals surface area contributed by atoms with Gasteiger partial charge >= 0.3 is 0 Å². The lowest BCUT2D eigenvalue weighted by Crippen LogP contribution is -2.22. The second-order valence-corrected chi connectivity index (χ2v) is 4.75. The van der Waals surface area contributed by atoms with Crippen LogP contribution in [0.4, 0.5) is 0 Å². The first-order valence-corrected chi connectivity index (χ1v) is 5.99. The summed E-state index contributed by atoms with van der Waals surface area (Å²) in [6, 6.07) is 0. The molecule has 0 aromatic rings. The number of thioether (sulfide) groups is 2. The average Bonchev–Trinajstić information content (AvgIpc) is 2.01. The SMILES string of the molecule is O=C([O-])CCSCSCCC(=O)[O-]. The Morgan fingerprint density at radius 2 is 1.31 bits per heavy atom. The van der Waals surface area contributed by atoms with Crippen LogP contribution in [0.1, 0.15) is 12.8 Å². The van der Waals surface area contributed by atoms with Gasteiger partial charge in [-0.15, -0.1) is 0 Å². The molecule has 0 aliphatic carbocycles. The molecular formula is C7H10O4S2-2. The van der Waals surface area contributed by atoms with Crippen molar-refractivity contribution >= 4 is 35.5 Å². The molecule has 0 N–H and O–H groups in total. The summed E-state index contributed by atoms with van der Waals surface area (Å²) in [5.74, 6) is -1.07. The third kappa shape index (κ3) is 11.6. The van der Waals surface area contributed by atoms with Crippen LogP contribution in [0.25, 0.3) is 0 Å². The normalized spacial score (nSPS) is 9.85. The van der Waals surface area contributed by atoms with Crippen molar-refractivity contribution in [1.82, 2.24) is 0 Å². The fourth-order valence-electron chi connectivity index (χ4n) is 0.488. The van der Waals surface area contributed by atoms with Crippen LogP contribution in [0, 0.1) is 0 Å². The van der Waals surface area contributed by atoms with E-state index in [0.717, 1.165) is 0 Å². The molecule has 6 heteroatoms. The Hall–Kier alpha value is -0.360. The Morgan fingerprint density at radius 1 is 0.923 bits per heavy atom. The van der Waals surface area contributed by atoms with Gasteiger partial charge in [0.15, 0.2) is 0 Å². The van der Waals surface area contributed by atoms with E-state index < -0.39 is 11.9 Å². The quantitative estimate of drug-likeness (QED) is 0.375. The number of carboxylic acids is 2. The van der Waals surface area contributed by atoms with E-state index in [4.69, 9.17) is 0 Å². The monoisotopic (exact) mass is 222 g/mol. The first kappa shape index (κ1) is 12.6. The molecule has 0 rings (SSSR count). The summed E-state index contributed by atoms with van der Waals surface area (Å²) >= 11 is 2.92. The number of rotatable bonds is 8. The van der Waals surface area contributed by atoms with Crippen molar-refractivity contribution in [2.24, 2.45) is 0 Å². The van der Waals surface area contributed by atoms with Gasteiger partial charge in [-0.05, 0) is 24.3 Å². The summed E-state index contributed by atoms with van der Waals surface area (Å²) < 4.78 is 0. The maximum absolute atomic E-state index is 9.96. The van der Waals surface area contributed by atoms with Crippen molar-refractivity contribution in [3.63, 3.8) is 0 Å². The summed E-state index contributed by atoms with van der Waals surface area (Å²) in [5, 5.41) is 20.6. The third-order valence-corrected chi connectivity index (χ3v) is 3.39. The molecule has 0 heterocycles. The summed E-state index contributed by atoms with van der Waals surface area (Å²) in [4.78, 5) is 19.9. The van der Waals surface area contributed by atoms with Crippen LogP contribution in [0.3, 0.4) is 0 Å². The zero-order chi connectivity index (χ0) is 10.1. The number of aliphatic carboxylic acids is 2. The van der Waals surface area contributed by atoms with Crippen LogP contribution in [0.15, 0.2) is 0 Å². The van der Waals surface area contributed by atoms with Crippen molar-refractivity contribution in [3.8, 4) is 0 Å². The maximum atomic E-state index is 9.96. The van der Waals surface area contributed by atoms with E-state index in [1.807, 2.05) is 0 Å². The molecule has 0 amide bonds. The highest BCUT2D eigenvalue weighted by Gasteiger charge is 1.92. The molecule has 0 bridgehead atoms. The Kier molecular flexibility index (Phi) is 8.02. The minimum absolute atomic E-state index is 0.0473. The number of hydrogen-bond donors (Lipinski definition) is 0. The van der Waals surface area contributed by atoms with Crippen LogP contribution in [0.2, 0.25) is 0 Å². The highest BCUT2D eigenvalue weighted by Crippen LogP contribution is 2.13. The van der Waals surface area contributed by atoms with Gasteiger partial charge in [0.2, 0.25) is 0 Å². The van der Waals surface area contributed by atoms with Crippen molar-refractivity contribution in [3.05, 3.63) is 0 Å². The van der Waals surface area contributed by atoms with Crippen LogP contribution in [-0.2, 0) is 9.59 Å². The van der Waals surface area contributed by atoms with Crippen molar-refractivity contribution in [1.29, 1.82) is 0 Å². The van der Waals surface area contributed by atoms with E-state index in [2.05, 4.69) is 0 Å². The summed E-state index contributed by atoms with van der Waals surface area (Å²) in [5.41, 5.74) is 0. The highest BCUT2D eigenvalue weighted by molar-refractivity contribution is 8.15. The van der Waals surface area contributed by atoms with Gasteiger partial charge in [-0.2, -0.15) is 23.5 Å². The number of carbonyl (C=O) groups excluding carboxylic acids is 2. The third-order valence-electron chi connectivity index (χ3n) is 1.07. The lowest BCUT2D eigenvalue weighted by Gasteiger charge is -2.03. The van der Waals surface area contributed by atoms with E-state index in [1.54, 1.807) is 0 Å². The van der Waals surface area contributed by atoms with Crippen LogP contribution >= 0.6 is 23.5 Å². The topological polar surface area (TPSA) is 80.3 Å². The second-order valence-electron chi connectivity index (χ2n) is 2.18. The lowest BCUT2D eigenvalue weighted by atomic mass is 10.5. The highest BCUT2D eigenvalue weighted by atomic mass is 32.2. The zero-order valence-electron chi connectivity index (χ0n) is 6.99.